The number of benzene rings is 2. The first-order valence-corrected chi connectivity index (χ1v) is 11.7. The van der Waals surface area contributed by atoms with E-state index in [9.17, 15) is 22.8 Å². The van der Waals surface area contributed by atoms with E-state index in [1.807, 2.05) is 6.92 Å². The predicted molar refractivity (Wildman–Crippen MR) is 130 cm³/mol. The second kappa shape index (κ2) is 9.15. The minimum Gasteiger partial charge on any atom is -0.395 e. The van der Waals surface area contributed by atoms with Crippen molar-refractivity contribution in [2.45, 2.75) is 37.9 Å². The van der Waals surface area contributed by atoms with Crippen LogP contribution in [-0.4, -0.2) is 40.0 Å². The number of hydrogen-bond acceptors (Lipinski definition) is 6. The Kier molecular flexibility index (Phi) is 6.10. The molecule has 1 aliphatic heterocycles. The van der Waals surface area contributed by atoms with E-state index in [2.05, 4.69) is 20.6 Å². The maximum absolute atomic E-state index is 13.6. The first-order valence-electron chi connectivity index (χ1n) is 11.7. The molecule has 11 heteroatoms. The summed E-state index contributed by atoms with van der Waals surface area (Å²) in [6.07, 6.45) is -1.58. The predicted octanol–water partition coefficient (Wildman–Crippen LogP) is 4.04. The van der Waals surface area contributed by atoms with E-state index in [1.54, 1.807) is 29.3 Å². The first-order chi connectivity index (χ1) is 17.6. The van der Waals surface area contributed by atoms with Gasteiger partial charge in [-0.25, -0.2) is 9.97 Å². The molecule has 8 nitrogen and oxygen atoms in total. The Bertz CT molecular complexity index is 1390. The van der Waals surface area contributed by atoms with Crippen LogP contribution in [0.4, 0.5) is 30.5 Å². The molecule has 2 aliphatic rings. The molecule has 1 saturated carbocycles. The van der Waals surface area contributed by atoms with Crippen molar-refractivity contribution >= 4 is 29.1 Å². The zero-order valence-corrected chi connectivity index (χ0v) is 19.9. The number of carbonyl (C=O) groups excluding carboxylic acids is 2. The highest BCUT2D eigenvalue weighted by atomic mass is 19.4. The fraction of sp³-hybridized carbons (Fsp3) is 0.308. The molecule has 2 aromatic carbocycles. The van der Waals surface area contributed by atoms with Crippen LogP contribution in [0.2, 0.25) is 0 Å². The van der Waals surface area contributed by atoms with E-state index >= 15 is 0 Å². The normalized spacial score (nSPS) is 15.9. The average molecular weight is 512 g/mol. The molecule has 2 amide bonds. The van der Waals surface area contributed by atoms with Gasteiger partial charge in [-0.3, -0.25) is 9.59 Å². The van der Waals surface area contributed by atoms with Gasteiger partial charge in [0.05, 0.1) is 29.8 Å². The third-order valence-corrected chi connectivity index (χ3v) is 6.66. The third kappa shape index (κ3) is 4.62. The fourth-order valence-corrected chi connectivity index (χ4v) is 4.58. The minimum absolute atomic E-state index is 0.0712. The minimum atomic E-state index is -4.56. The van der Waals surface area contributed by atoms with E-state index < -0.39 is 23.1 Å². The number of hydrogen-bond donors (Lipinski definition) is 3. The van der Waals surface area contributed by atoms with Crippen molar-refractivity contribution in [3.63, 3.8) is 0 Å². The molecule has 1 spiro atoms. The molecule has 0 unspecified atom stereocenters. The van der Waals surface area contributed by atoms with Gasteiger partial charge >= 0.3 is 6.18 Å². The maximum atomic E-state index is 13.6. The molecule has 37 heavy (non-hydrogen) atoms. The van der Waals surface area contributed by atoms with Gasteiger partial charge in [0, 0.05) is 35.2 Å². The average Bonchev–Trinajstić information content (AvgIpc) is 3.68. The SMILES string of the molecule is Cc1ccc(NC(=O)c2cccc(C(F)(F)F)c2)cc1N1Cc2cnc(NCCO)nc2C2(CC2)C1=O. The molecule has 1 aliphatic carbocycles. The van der Waals surface area contributed by atoms with E-state index in [1.165, 1.54) is 12.1 Å². The number of halogens is 3. The highest BCUT2D eigenvalue weighted by molar-refractivity contribution is 6.07. The number of rotatable bonds is 6. The summed E-state index contributed by atoms with van der Waals surface area (Å²) in [6.45, 7) is 2.30. The van der Waals surface area contributed by atoms with Gasteiger partial charge in [0.15, 0.2) is 0 Å². The molecule has 3 aromatic rings. The third-order valence-electron chi connectivity index (χ3n) is 6.66. The summed E-state index contributed by atoms with van der Waals surface area (Å²) < 4.78 is 39.2. The van der Waals surface area contributed by atoms with E-state index in [0.29, 0.717) is 42.4 Å². The summed E-state index contributed by atoms with van der Waals surface area (Å²) in [7, 11) is 0. The fourth-order valence-electron chi connectivity index (χ4n) is 4.58. The largest absolute Gasteiger partial charge is 0.416 e. The molecular weight excluding hydrogens is 487 g/mol. The highest BCUT2D eigenvalue weighted by Gasteiger charge is 2.58. The van der Waals surface area contributed by atoms with Crippen LogP contribution in [0.25, 0.3) is 0 Å². The standard InChI is InChI=1S/C26H24F3N5O3/c1-15-5-6-19(32-22(36)16-3-2-4-18(11-16)26(27,28)29)12-20(15)34-14-17-13-31-24(30-9-10-35)33-21(17)25(7-8-25)23(34)37/h2-6,11-13,35H,7-10,14H2,1H3,(H,32,36)(H,30,31,33). The van der Waals surface area contributed by atoms with Crippen molar-refractivity contribution in [1.29, 1.82) is 0 Å². The summed E-state index contributed by atoms with van der Waals surface area (Å²) in [5.74, 6) is -0.432. The number of amides is 2. The van der Waals surface area contributed by atoms with E-state index in [-0.39, 0.29) is 24.6 Å². The van der Waals surface area contributed by atoms with E-state index in [0.717, 1.165) is 23.3 Å². The van der Waals surface area contributed by atoms with Gasteiger partial charge in [0.2, 0.25) is 11.9 Å². The molecule has 1 fully saturated rings. The van der Waals surface area contributed by atoms with Gasteiger partial charge in [-0.05, 0) is 55.7 Å². The van der Waals surface area contributed by atoms with Gasteiger partial charge in [0.25, 0.3) is 5.91 Å². The Balaban J connectivity index is 1.42. The number of aliphatic hydroxyl groups excluding tert-OH is 1. The van der Waals surface area contributed by atoms with Gasteiger partial charge < -0.3 is 20.6 Å². The van der Waals surface area contributed by atoms with Crippen LogP contribution in [-0.2, 0) is 22.9 Å². The Morgan fingerprint density at radius 2 is 1.97 bits per heavy atom. The number of anilines is 3. The number of nitrogens with zero attached hydrogens (tertiary/aromatic N) is 3. The lowest BCUT2D eigenvalue weighted by atomic mass is 9.91. The molecule has 1 aromatic heterocycles. The van der Waals surface area contributed by atoms with Crippen LogP contribution in [0.3, 0.4) is 0 Å². The van der Waals surface area contributed by atoms with Crippen LogP contribution in [0.1, 0.15) is 45.6 Å². The lowest BCUT2D eigenvalue weighted by Crippen LogP contribution is -2.45. The zero-order chi connectivity index (χ0) is 26.4. The summed E-state index contributed by atoms with van der Waals surface area (Å²) in [5, 5.41) is 14.6. The van der Waals surface area contributed by atoms with Crippen molar-refractivity contribution in [3.05, 3.63) is 76.6 Å². The number of aromatic nitrogens is 2. The Labute approximate surface area is 210 Å². The zero-order valence-electron chi connectivity index (χ0n) is 19.9. The quantitative estimate of drug-likeness (QED) is 0.461. The second-order valence-corrected chi connectivity index (χ2v) is 9.23. The number of fused-ring (bicyclic) bond motifs is 2. The molecule has 192 valence electrons. The summed E-state index contributed by atoms with van der Waals surface area (Å²) in [6, 6.07) is 9.24. The lowest BCUT2D eigenvalue weighted by molar-refractivity contribution is -0.137. The number of aryl methyl sites for hydroxylation is 1. The number of nitrogens with one attached hydrogen (secondary N) is 2. The molecular formula is C26H24F3N5O3. The summed E-state index contributed by atoms with van der Waals surface area (Å²) in [4.78, 5) is 36.9. The van der Waals surface area contributed by atoms with Crippen molar-refractivity contribution < 1.29 is 27.9 Å². The van der Waals surface area contributed by atoms with Gasteiger partial charge in [0.1, 0.15) is 0 Å². The Morgan fingerprint density at radius 3 is 2.68 bits per heavy atom. The van der Waals surface area contributed by atoms with Gasteiger partial charge in [-0.15, -0.1) is 0 Å². The Hall–Kier alpha value is -3.99. The van der Waals surface area contributed by atoms with Crippen LogP contribution in [0.15, 0.2) is 48.7 Å². The topological polar surface area (TPSA) is 107 Å². The number of carbonyl (C=O) groups is 2. The van der Waals surface area contributed by atoms with Crippen molar-refractivity contribution in [2.75, 3.05) is 28.7 Å². The van der Waals surface area contributed by atoms with Crippen LogP contribution < -0.4 is 15.5 Å². The van der Waals surface area contributed by atoms with Gasteiger partial charge in [-0.2, -0.15) is 13.2 Å². The second-order valence-electron chi connectivity index (χ2n) is 9.23. The van der Waals surface area contributed by atoms with E-state index in [4.69, 9.17) is 5.11 Å². The van der Waals surface area contributed by atoms with Crippen molar-refractivity contribution in [1.82, 2.24) is 9.97 Å². The number of alkyl halides is 3. The molecule has 0 saturated heterocycles. The molecule has 0 bridgehead atoms. The van der Waals surface area contributed by atoms with Crippen LogP contribution >= 0.6 is 0 Å². The smallest absolute Gasteiger partial charge is 0.395 e. The summed E-state index contributed by atoms with van der Waals surface area (Å²) in [5.41, 5.74) is 1.47. The molecule has 5 rings (SSSR count). The molecule has 0 radical (unpaired) electrons. The Morgan fingerprint density at radius 1 is 1.19 bits per heavy atom. The molecule has 0 atom stereocenters. The van der Waals surface area contributed by atoms with Gasteiger partial charge in [-0.1, -0.05) is 12.1 Å². The number of aliphatic hydroxyl groups is 1. The first kappa shape index (κ1) is 24.7. The van der Waals surface area contributed by atoms with Crippen molar-refractivity contribution in [2.24, 2.45) is 0 Å². The highest BCUT2D eigenvalue weighted by Crippen LogP contribution is 2.53. The van der Waals surface area contributed by atoms with Crippen molar-refractivity contribution in [3.8, 4) is 0 Å². The van der Waals surface area contributed by atoms with Crippen LogP contribution in [0, 0.1) is 6.92 Å². The lowest BCUT2D eigenvalue weighted by Gasteiger charge is -2.34. The molecule has 2 heterocycles. The molecule has 3 N–H and O–H groups in total. The van der Waals surface area contributed by atoms with Crippen LogP contribution in [0.5, 0.6) is 0 Å². The summed E-state index contributed by atoms with van der Waals surface area (Å²) >= 11 is 0. The monoisotopic (exact) mass is 511 g/mol. The maximum Gasteiger partial charge on any atom is 0.416 e.